The molecule has 2 aromatic rings. The minimum Gasteiger partial charge on any atom is -0.350 e. The fourth-order valence-corrected chi connectivity index (χ4v) is 4.06. The first-order chi connectivity index (χ1) is 14.1. The number of carbonyl (C=O) groups is 2. The van der Waals surface area contributed by atoms with E-state index in [1.807, 2.05) is 45.0 Å². The van der Waals surface area contributed by atoms with Crippen LogP contribution in [0, 0.1) is 6.92 Å². The van der Waals surface area contributed by atoms with E-state index in [1.165, 1.54) is 11.1 Å². The van der Waals surface area contributed by atoms with Gasteiger partial charge in [-0.15, -0.1) is 11.8 Å². The van der Waals surface area contributed by atoms with Gasteiger partial charge in [-0.05, 0) is 63.4 Å². The lowest BCUT2D eigenvalue weighted by atomic mass is 10.1. The highest BCUT2D eigenvalue weighted by atomic mass is 35.5. The molecule has 6 heteroatoms. The standard InChI is InChI=1S/C24H31ClN2O2S/c1-17-8-6-7-9-20(17)15-30-16-22(28)27(14-19-10-12-21(25)13-11-19)18(2)23(29)26-24(3,4)5/h6-13,18H,14-16H2,1-5H3,(H,26,29)/t18-/m0/s1. The predicted molar refractivity (Wildman–Crippen MR) is 127 cm³/mol. The van der Waals surface area contributed by atoms with Crippen LogP contribution in [-0.4, -0.2) is 34.0 Å². The summed E-state index contributed by atoms with van der Waals surface area (Å²) in [6.07, 6.45) is 0. The van der Waals surface area contributed by atoms with Gasteiger partial charge in [0.2, 0.25) is 11.8 Å². The van der Waals surface area contributed by atoms with Crippen LogP contribution < -0.4 is 5.32 Å². The van der Waals surface area contributed by atoms with Crippen molar-refractivity contribution in [2.24, 2.45) is 0 Å². The van der Waals surface area contributed by atoms with Crippen molar-refractivity contribution in [2.45, 2.75) is 58.5 Å². The van der Waals surface area contributed by atoms with Gasteiger partial charge in [0.15, 0.2) is 0 Å². The molecule has 0 aromatic heterocycles. The Kier molecular flexibility index (Phi) is 8.80. The number of aryl methyl sites for hydroxylation is 1. The first-order valence-corrected chi connectivity index (χ1v) is 11.6. The summed E-state index contributed by atoms with van der Waals surface area (Å²) < 4.78 is 0. The van der Waals surface area contributed by atoms with Crippen LogP contribution in [0.2, 0.25) is 5.02 Å². The molecule has 0 saturated carbocycles. The summed E-state index contributed by atoms with van der Waals surface area (Å²) in [5, 5.41) is 3.62. The van der Waals surface area contributed by atoms with Gasteiger partial charge in [-0.3, -0.25) is 9.59 Å². The van der Waals surface area contributed by atoms with Crippen molar-refractivity contribution in [1.29, 1.82) is 0 Å². The highest BCUT2D eigenvalue weighted by Gasteiger charge is 2.28. The molecule has 2 aromatic carbocycles. The SMILES string of the molecule is Cc1ccccc1CSCC(=O)N(Cc1ccc(Cl)cc1)[C@@H](C)C(=O)NC(C)(C)C. The average molecular weight is 447 g/mol. The third kappa shape index (κ3) is 7.69. The zero-order chi connectivity index (χ0) is 22.3. The number of nitrogens with one attached hydrogen (secondary N) is 1. The van der Waals surface area contributed by atoms with Crippen LogP contribution in [0.15, 0.2) is 48.5 Å². The third-order valence-corrected chi connectivity index (χ3v) is 5.89. The van der Waals surface area contributed by atoms with E-state index in [2.05, 4.69) is 24.4 Å². The summed E-state index contributed by atoms with van der Waals surface area (Å²) >= 11 is 7.56. The highest BCUT2D eigenvalue weighted by Crippen LogP contribution is 2.19. The van der Waals surface area contributed by atoms with Crippen molar-refractivity contribution in [2.75, 3.05) is 5.75 Å². The number of thioether (sulfide) groups is 1. The lowest BCUT2D eigenvalue weighted by Crippen LogP contribution is -2.52. The molecule has 30 heavy (non-hydrogen) atoms. The number of halogens is 1. The molecular weight excluding hydrogens is 416 g/mol. The largest absolute Gasteiger partial charge is 0.350 e. The number of amides is 2. The second-order valence-electron chi connectivity index (χ2n) is 8.48. The molecule has 0 unspecified atom stereocenters. The first-order valence-electron chi connectivity index (χ1n) is 10.0. The van der Waals surface area contributed by atoms with Crippen LogP contribution in [0.25, 0.3) is 0 Å². The molecule has 0 heterocycles. The second kappa shape index (κ2) is 10.9. The van der Waals surface area contributed by atoms with Gasteiger partial charge in [-0.2, -0.15) is 0 Å². The van der Waals surface area contributed by atoms with Crippen LogP contribution in [0.5, 0.6) is 0 Å². The van der Waals surface area contributed by atoms with Crippen LogP contribution in [0.1, 0.15) is 44.4 Å². The molecule has 0 radical (unpaired) electrons. The van der Waals surface area contributed by atoms with E-state index >= 15 is 0 Å². The van der Waals surface area contributed by atoms with E-state index in [9.17, 15) is 9.59 Å². The molecule has 0 aliphatic heterocycles. The van der Waals surface area contributed by atoms with Crippen molar-refractivity contribution in [1.82, 2.24) is 10.2 Å². The number of rotatable bonds is 8. The van der Waals surface area contributed by atoms with E-state index in [4.69, 9.17) is 11.6 Å². The molecule has 0 bridgehead atoms. The van der Waals surface area contributed by atoms with E-state index in [0.717, 1.165) is 11.3 Å². The topological polar surface area (TPSA) is 49.4 Å². The fraction of sp³-hybridized carbons (Fsp3) is 0.417. The lowest BCUT2D eigenvalue weighted by molar-refractivity contribution is -0.139. The summed E-state index contributed by atoms with van der Waals surface area (Å²) in [6.45, 7) is 10.0. The number of nitrogens with zero attached hydrogens (tertiary/aromatic N) is 1. The number of hydrogen-bond acceptors (Lipinski definition) is 3. The molecule has 0 fully saturated rings. The van der Waals surface area contributed by atoms with Crippen LogP contribution in [0.4, 0.5) is 0 Å². The van der Waals surface area contributed by atoms with Gasteiger partial charge in [-0.1, -0.05) is 48.0 Å². The Balaban J connectivity index is 2.10. The summed E-state index contributed by atoms with van der Waals surface area (Å²) in [5.41, 5.74) is 3.01. The molecule has 0 aliphatic rings. The Hall–Kier alpha value is -1.98. The van der Waals surface area contributed by atoms with Gasteiger partial charge >= 0.3 is 0 Å². The fourth-order valence-electron chi connectivity index (χ4n) is 2.95. The normalized spacial score (nSPS) is 12.3. The summed E-state index contributed by atoms with van der Waals surface area (Å²) in [7, 11) is 0. The Morgan fingerprint density at radius 3 is 2.33 bits per heavy atom. The molecule has 162 valence electrons. The molecule has 0 aliphatic carbocycles. The Labute approximate surface area is 189 Å². The van der Waals surface area contributed by atoms with Gasteiger partial charge in [0.1, 0.15) is 6.04 Å². The summed E-state index contributed by atoms with van der Waals surface area (Å²) in [6, 6.07) is 15.0. The molecule has 0 spiro atoms. The van der Waals surface area contributed by atoms with Crippen molar-refractivity contribution in [3.8, 4) is 0 Å². The van der Waals surface area contributed by atoms with Crippen LogP contribution >= 0.6 is 23.4 Å². The average Bonchev–Trinajstić information content (AvgIpc) is 2.67. The van der Waals surface area contributed by atoms with Crippen molar-refractivity contribution in [3.05, 3.63) is 70.2 Å². The predicted octanol–water partition coefficient (Wildman–Crippen LogP) is 5.21. The third-order valence-electron chi connectivity index (χ3n) is 4.68. The molecule has 1 atom stereocenters. The summed E-state index contributed by atoms with van der Waals surface area (Å²) in [5.74, 6) is 0.860. The maximum atomic E-state index is 13.1. The molecule has 2 rings (SSSR count). The van der Waals surface area contributed by atoms with E-state index in [-0.39, 0.29) is 17.4 Å². The Morgan fingerprint density at radius 2 is 1.73 bits per heavy atom. The molecule has 1 N–H and O–H groups in total. The molecule has 4 nitrogen and oxygen atoms in total. The maximum absolute atomic E-state index is 13.1. The van der Waals surface area contributed by atoms with Crippen LogP contribution in [-0.2, 0) is 21.9 Å². The van der Waals surface area contributed by atoms with Crippen molar-refractivity contribution in [3.63, 3.8) is 0 Å². The zero-order valence-corrected chi connectivity index (χ0v) is 19.9. The van der Waals surface area contributed by atoms with Gasteiger partial charge in [0.25, 0.3) is 0 Å². The molecular formula is C24H31ClN2O2S. The minimum absolute atomic E-state index is 0.0555. The van der Waals surface area contributed by atoms with Gasteiger partial charge in [0.05, 0.1) is 5.75 Å². The maximum Gasteiger partial charge on any atom is 0.242 e. The Bertz CT molecular complexity index is 862. The van der Waals surface area contributed by atoms with Crippen LogP contribution in [0.3, 0.4) is 0 Å². The van der Waals surface area contributed by atoms with E-state index in [0.29, 0.717) is 17.3 Å². The smallest absolute Gasteiger partial charge is 0.242 e. The second-order valence-corrected chi connectivity index (χ2v) is 9.90. The monoisotopic (exact) mass is 446 g/mol. The van der Waals surface area contributed by atoms with Gasteiger partial charge < -0.3 is 10.2 Å². The quantitative estimate of drug-likeness (QED) is 0.605. The molecule has 2 amide bonds. The van der Waals surface area contributed by atoms with Gasteiger partial charge in [0, 0.05) is 22.9 Å². The number of benzene rings is 2. The lowest BCUT2D eigenvalue weighted by Gasteiger charge is -2.31. The minimum atomic E-state index is -0.577. The first kappa shape index (κ1) is 24.3. The van der Waals surface area contributed by atoms with Crippen molar-refractivity contribution >= 4 is 35.2 Å². The van der Waals surface area contributed by atoms with Crippen molar-refractivity contribution < 1.29 is 9.59 Å². The van der Waals surface area contributed by atoms with Gasteiger partial charge in [-0.25, -0.2) is 0 Å². The number of carbonyl (C=O) groups excluding carboxylic acids is 2. The highest BCUT2D eigenvalue weighted by molar-refractivity contribution is 7.99. The van der Waals surface area contributed by atoms with E-state index in [1.54, 1.807) is 35.7 Å². The van der Waals surface area contributed by atoms with E-state index < -0.39 is 6.04 Å². The summed E-state index contributed by atoms with van der Waals surface area (Å²) in [4.78, 5) is 27.5. The number of hydrogen-bond donors (Lipinski definition) is 1. The molecule has 0 saturated heterocycles. The Morgan fingerprint density at radius 1 is 1.10 bits per heavy atom. The zero-order valence-electron chi connectivity index (χ0n) is 18.4.